The molecule has 0 amide bonds. The van der Waals surface area contributed by atoms with Crippen molar-refractivity contribution >= 4 is 35.0 Å². The van der Waals surface area contributed by atoms with E-state index in [0.29, 0.717) is 16.4 Å². The predicted molar refractivity (Wildman–Crippen MR) is 124 cm³/mol. The maximum Gasteiger partial charge on any atom is 0.191 e. The van der Waals surface area contributed by atoms with E-state index in [1.165, 1.54) is 28.7 Å². The molecule has 4 N–H and O–H groups in total. The maximum atomic E-state index is 13.5. The molecule has 4 rings (SSSR count). The first kappa shape index (κ1) is 25.3. The number of rotatable bonds is 10. The Kier molecular flexibility index (Phi) is 8.18. The van der Waals surface area contributed by atoms with Gasteiger partial charge in [-0.05, 0) is 24.1 Å². The molecule has 0 bridgehead atoms. The lowest BCUT2D eigenvalue weighted by Crippen LogP contribution is -2.33. The van der Waals surface area contributed by atoms with Crippen molar-refractivity contribution in [2.24, 2.45) is 5.10 Å². The van der Waals surface area contributed by atoms with Crippen molar-refractivity contribution < 1.29 is 28.8 Å². The van der Waals surface area contributed by atoms with Gasteiger partial charge in [-0.1, -0.05) is 30.0 Å². The van der Waals surface area contributed by atoms with Crippen molar-refractivity contribution in [3.63, 3.8) is 0 Å². The Morgan fingerprint density at radius 2 is 2.09 bits per heavy atom. The number of hydrazone groups is 1. The third kappa shape index (κ3) is 5.56. The van der Waals surface area contributed by atoms with Crippen molar-refractivity contribution in [1.29, 1.82) is 0 Å². The van der Waals surface area contributed by atoms with Crippen molar-refractivity contribution in [1.82, 2.24) is 25.0 Å². The van der Waals surface area contributed by atoms with Crippen molar-refractivity contribution in [2.45, 2.75) is 49.3 Å². The van der Waals surface area contributed by atoms with Gasteiger partial charge < -0.3 is 20.1 Å². The summed E-state index contributed by atoms with van der Waals surface area (Å²) in [7, 11) is 0. The third-order valence-corrected chi connectivity index (χ3v) is 6.46. The van der Waals surface area contributed by atoms with Crippen molar-refractivity contribution in [3.05, 3.63) is 35.4 Å². The minimum atomic E-state index is -1.19. The van der Waals surface area contributed by atoms with Gasteiger partial charge in [0.05, 0.1) is 31.6 Å². The number of aliphatic hydroxyl groups is 3. The van der Waals surface area contributed by atoms with Crippen LogP contribution in [0.3, 0.4) is 0 Å². The highest BCUT2D eigenvalue weighted by molar-refractivity contribution is 7.99. The summed E-state index contributed by atoms with van der Waals surface area (Å²) in [6.45, 7) is 1.84. The number of halogens is 2. The van der Waals surface area contributed by atoms with E-state index < -0.39 is 36.0 Å². The number of thioether (sulfide) groups is 1. The predicted octanol–water partition coefficient (Wildman–Crippen LogP) is 1.49. The van der Waals surface area contributed by atoms with E-state index in [0.717, 1.165) is 24.3 Å². The zero-order valence-electron chi connectivity index (χ0n) is 18.8. The molecule has 3 aromatic rings. The molecule has 0 aliphatic heterocycles. The van der Waals surface area contributed by atoms with Gasteiger partial charge in [0.1, 0.15) is 12.2 Å². The van der Waals surface area contributed by atoms with Gasteiger partial charge in [-0.2, -0.15) is 5.10 Å². The molecule has 14 heteroatoms. The Labute approximate surface area is 203 Å². The van der Waals surface area contributed by atoms with E-state index in [1.807, 2.05) is 6.92 Å². The molecule has 2 heterocycles. The number of anilines is 1. The fraction of sp³-hybridized carbons (Fsp3) is 0.476. The number of nitrogens with zero attached hydrogens (tertiary/aromatic N) is 6. The van der Waals surface area contributed by atoms with E-state index in [4.69, 9.17) is 9.84 Å². The zero-order valence-corrected chi connectivity index (χ0v) is 19.6. The summed E-state index contributed by atoms with van der Waals surface area (Å²) in [6.07, 6.45) is -0.611. The fourth-order valence-corrected chi connectivity index (χ4v) is 4.40. The maximum absolute atomic E-state index is 13.5. The van der Waals surface area contributed by atoms with E-state index in [-0.39, 0.29) is 31.0 Å². The van der Waals surface area contributed by atoms with Crippen molar-refractivity contribution in [2.75, 3.05) is 24.4 Å². The average Bonchev–Trinajstić information content (AvgIpc) is 3.39. The van der Waals surface area contributed by atoms with Gasteiger partial charge in [-0.15, -0.1) is 5.10 Å². The van der Waals surface area contributed by atoms with E-state index in [9.17, 15) is 19.0 Å². The van der Waals surface area contributed by atoms with Crippen LogP contribution in [0.4, 0.5) is 14.6 Å². The molecular weight excluding hydrogens is 484 g/mol. The number of hydrogen-bond acceptors (Lipinski definition) is 11. The number of nitrogens with one attached hydrogen (secondary N) is 1. The Morgan fingerprint density at radius 1 is 1.26 bits per heavy atom. The first-order valence-electron chi connectivity index (χ1n) is 11.0. The monoisotopic (exact) mass is 509 g/mol. The lowest BCUT2D eigenvalue weighted by atomic mass is 10.2. The first-order chi connectivity index (χ1) is 16.9. The summed E-state index contributed by atoms with van der Waals surface area (Å²) in [6, 6.07) is 2.72. The fourth-order valence-electron chi connectivity index (χ4n) is 3.71. The van der Waals surface area contributed by atoms with Gasteiger partial charge in [0.2, 0.25) is 0 Å². The lowest BCUT2D eigenvalue weighted by Gasteiger charge is -2.17. The molecule has 2 aromatic heterocycles. The topological polar surface area (TPSA) is 151 Å². The van der Waals surface area contributed by atoms with Crippen LogP contribution in [0.25, 0.3) is 11.2 Å². The van der Waals surface area contributed by atoms with Crippen LogP contribution >= 0.6 is 11.8 Å². The van der Waals surface area contributed by atoms with Crippen LogP contribution in [-0.2, 0) is 4.74 Å². The smallest absolute Gasteiger partial charge is 0.191 e. The molecule has 4 atom stereocenters. The summed E-state index contributed by atoms with van der Waals surface area (Å²) in [5, 5.41) is 42.8. The Bertz CT molecular complexity index is 1200. The summed E-state index contributed by atoms with van der Waals surface area (Å²) in [4.78, 5) is 8.99. The molecule has 0 radical (unpaired) electrons. The van der Waals surface area contributed by atoms with Crippen LogP contribution < -0.4 is 5.43 Å². The van der Waals surface area contributed by atoms with Gasteiger partial charge in [-0.25, -0.2) is 23.4 Å². The molecular formula is C21H25F2N7O4S. The Balaban J connectivity index is 1.64. The van der Waals surface area contributed by atoms with Crippen LogP contribution in [-0.4, -0.2) is 83.8 Å². The van der Waals surface area contributed by atoms with Gasteiger partial charge in [0, 0.05) is 12.2 Å². The van der Waals surface area contributed by atoms with Crippen LogP contribution in [0, 0.1) is 11.6 Å². The second-order valence-electron chi connectivity index (χ2n) is 7.87. The molecule has 188 valence electrons. The normalized spacial score (nSPS) is 22.5. The number of benzene rings is 1. The summed E-state index contributed by atoms with van der Waals surface area (Å²) < 4.78 is 33.5. The van der Waals surface area contributed by atoms with Crippen LogP contribution in [0.15, 0.2) is 28.5 Å². The van der Waals surface area contributed by atoms with Gasteiger partial charge >= 0.3 is 0 Å². The molecule has 1 aliphatic rings. The molecule has 0 spiro atoms. The number of aliphatic hydroxyl groups excluding tert-OH is 3. The quantitative estimate of drug-likeness (QED) is 0.137. The third-order valence-electron chi connectivity index (χ3n) is 5.40. The van der Waals surface area contributed by atoms with Gasteiger partial charge in [0.15, 0.2) is 33.8 Å². The molecule has 11 nitrogen and oxygen atoms in total. The minimum Gasteiger partial charge on any atom is -0.394 e. The molecule has 35 heavy (non-hydrogen) atoms. The van der Waals surface area contributed by atoms with E-state index >= 15 is 0 Å². The number of fused-ring (bicyclic) bond motifs is 1. The number of ether oxygens (including phenoxy) is 1. The minimum absolute atomic E-state index is 0.0310. The molecule has 1 aliphatic carbocycles. The summed E-state index contributed by atoms with van der Waals surface area (Å²) >= 11 is 1.41. The average molecular weight is 510 g/mol. The van der Waals surface area contributed by atoms with Gasteiger partial charge in [-0.3, -0.25) is 5.43 Å². The number of aromatic nitrogens is 5. The van der Waals surface area contributed by atoms with Crippen LogP contribution in [0.1, 0.15) is 31.4 Å². The molecule has 1 aromatic carbocycles. The molecule has 1 fully saturated rings. The largest absolute Gasteiger partial charge is 0.394 e. The highest BCUT2D eigenvalue weighted by atomic mass is 32.2. The van der Waals surface area contributed by atoms with Crippen LogP contribution in [0.5, 0.6) is 0 Å². The molecule has 0 unspecified atom stereocenters. The second kappa shape index (κ2) is 11.3. The Hall–Kier alpha value is -2.78. The van der Waals surface area contributed by atoms with Crippen molar-refractivity contribution in [3.8, 4) is 0 Å². The van der Waals surface area contributed by atoms with E-state index in [2.05, 4.69) is 30.8 Å². The Morgan fingerprint density at radius 3 is 2.83 bits per heavy atom. The number of hydrogen-bond donors (Lipinski definition) is 4. The van der Waals surface area contributed by atoms with Crippen LogP contribution in [0.2, 0.25) is 0 Å². The standard InChI is InChI=1S/C21H25F2N7O4S/c1-2-7-35-21-25-19(28-24-10-11-3-4-12(22)13(23)8-11)16-20(26-21)30(29-27-16)14-9-15(34-6-5-31)18(33)17(14)32/h3-4,8,10,14-15,17-18,31-33H,2,5-7,9H2,1H3,(H,25,26,28)/b24-10+/t14-,15+,17+,18-/m1/s1. The summed E-state index contributed by atoms with van der Waals surface area (Å²) in [5.41, 5.74) is 3.69. The highest BCUT2D eigenvalue weighted by Gasteiger charge is 2.44. The lowest BCUT2D eigenvalue weighted by molar-refractivity contribution is -0.0629. The zero-order chi connectivity index (χ0) is 24.9. The molecule has 1 saturated carbocycles. The first-order valence-corrected chi connectivity index (χ1v) is 12.0. The highest BCUT2D eigenvalue weighted by Crippen LogP contribution is 2.35. The molecule has 0 saturated heterocycles. The second-order valence-corrected chi connectivity index (χ2v) is 8.93. The SMILES string of the molecule is CCCSc1nc(N/N=C/c2ccc(F)c(F)c2)c2nnn([C@@H]3C[C@H](OCCO)[C@@H](O)[C@H]3O)c2n1. The van der Waals surface area contributed by atoms with Gasteiger partial charge in [0.25, 0.3) is 0 Å². The summed E-state index contributed by atoms with van der Waals surface area (Å²) in [5.74, 6) is -0.949. The van der Waals surface area contributed by atoms with E-state index in [1.54, 1.807) is 0 Å².